The lowest BCUT2D eigenvalue weighted by Gasteiger charge is -2.08. The number of aryl methyl sites for hydroxylation is 3. The van der Waals surface area contributed by atoms with Crippen molar-refractivity contribution in [1.29, 1.82) is 0 Å². The molecule has 3 rings (SSSR count). The van der Waals surface area contributed by atoms with Crippen LogP contribution in [-0.2, 0) is 19.3 Å². The molecule has 0 aliphatic rings. The fraction of sp³-hybridized carbons (Fsp3) is 0.375. The van der Waals surface area contributed by atoms with Crippen molar-refractivity contribution in [3.8, 4) is 0 Å². The molecule has 142 valence electrons. The first kappa shape index (κ1) is 19.7. The number of nitrogens with zero attached hydrogens (tertiary/aromatic N) is 1. The molecule has 0 N–H and O–H groups in total. The Labute approximate surface area is 167 Å². The first-order valence-electron chi connectivity index (χ1n) is 10.00. The van der Waals surface area contributed by atoms with Crippen molar-refractivity contribution < 1.29 is 4.79 Å². The summed E-state index contributed by atoms with van der Waals surface area (Å²) < 4.78 is 2.09. The number of aromatic nitrogens is 1. The second kappa shape index (κ2) is 9.23. The molecule has 0 atom stereocenters. The van der Waals surface area contributed by atoms with E-state index in [1.54, 1.807) is 0 Å². The van der Waals surface area contributed by atoms with Crippen LogP contribution in [0.15, 0.2) is 48.7 Å². The quantitative estimate of drug-likeness (QED) is 0.317. The predicted octanol–water partition coefficient (Wildman–Crippen LogP) is 6.25. The molecule has 0 amide bonds. The number of carbonyl (C=O) groups excluding carboxylic acids is 1. The topological polar surface area (TPSA) is 21.5 Å². The van der Waals surface area contributed by atoms with Gasteiger partial charge in [-0.05, 0) is 60.9 Å². The van der Waals surface area contributed by atoms with E-state index in [0.717, 1.165) is 60.9 Å². The fourth-order valence-electron chi connectivity index (χ4n) is 3.52. The lowest BCUT2D eigenvalue weighted by atomic mass is 10.00. The molecular weight excluding hydrogens is 354 g/mol. The Bertz CT molecular complexity index is 908. The SMILES string of the molecule is CCCCc1cc2ccc(CC)cn2c1C(=O)c1ccc(CCCCl)cc1. The van der Waals surface area contributed by atoms with Crippen molar-refractivity contribution in [2.75, 3.05) is 5.88 Å². The van der Waals surface area contributed by atoms with Gasteiger partial charge in [0.1, 0.15) is 0 Å². The van der Waals surface area contributed by atoms with E-state index in [4.69, 9.17) is 11.6 Å². The molecule has 0 saturated heterocycles. The molecule has 0 radical (unpaired) electrons. The molecule has 0 aliphatic carbocycles. The molecule has 0 saturated carbocycles. The van der Waals surface area contributed by atoms with Gasteiger partial charge in [-0.25, -0.2) is 0 Å². The zero-order valence-electron chi connectivity index (χ0n) is 16.3. The van der Waals surface area contributed by atoms with Crippen molar-refractivity contribution >= 4 is 22.9 Å². The maximum absolute atomic E-state index is 13.4. The maximum atomic E-state index is 13.4. The zero-order valence-corrected chi connectivity index (χ0v) is 17.1. The van der Waals surface area contributed by atoms with Gasteiger partial charge in [0.25, 0.3) is 0 Å². The Morgan fingerprint density at radius 3 is 2.37 bits per heavy atom. The van der Waals surface area contributed by atoms with Gasteiger partial charge in [-0.1, -0.05) is 50.6 Å². The smallest absolute Gasteiger partial charge is 0.210 e. The van der Waals surface area contributed by atoms with Crippen LogP contribution in [0.25, 0.3) is 5.52 Å². The summed E-state index contributed by atoms with van der Waals surface area (Å²) in [7, 11) is 0. The van der Waals surface area contributed by atoms with Crippen LogP contribution in [-0.4, -0.2) is 16.1 Å². The van der Waals surface area contributed by atoms with Gasteiger partial charge in [0.05, 0.1) is 5.69 Å². The molecule has 2 aromatic heterocycles. The third kappa shape index (κ3) is 4.44. The van der Waals surface area contributed by atoms with Gasteiger partial charge >= 0.3 is 0 Å². The summed E-state index contributed by atoms with van der Waals surface area (Å²) in [6.45, 7) is 4.33. The van der Waals surface area contributed by atoms with Crippen LogP contribution >= 0.6 is 11.6 Å². The van der Waals surface area contributed by atoms with E-state index in [-0.39, 0.29) is 5.78 Å². The number of unbranched alkanes of at least 4 members (excludes halogenated alkanes) is 1. The van der Waals surface area contributed by atoms with Crippen LogP contribution in [0.5, 0.6) is 0 Å². The minimum absolute atomic E-state index is 0.109. The monoisotopic (exact) mass is 381 g/mol. The number of hydrogen-bond acceptors (Lipinski definition) is 1. The first-order valence-corrected chi connectivity index (χ1v) is 10.5. The molecule has 0 unspecified atom stereocenters. The number of hydrogen-bond donors (Lipinski definition) is 0. The van der Waals surface area contributed by atoms with E-state index in [1.165, 1.54) is 11.1 Å². The lowest BCUT2D eigenvalue weighted by molar-refractivity contribution is 0.103. The number of alkyl halides is 1. The van der Waals surface area contributed by atoms with Crippen LogP contribution in [0.3, 0.4) is 0 Å². The van der Waals surface area contributed by atoms with E-state index in [9.17, 15) is 4.79 Å². The highest BCUT2D eigenvalue weighted by Gasteiger charge is 2.19. The molecule has 3 aromatic rings. The number of carbonyl (C=O) groups is 1. The Morgan fingerprint density at radius 1 is 0.963 bits per heavy atom. The van der Waals surface area contributed by atoms with Gasteiger partial charge in [0.2, 0.25) is 5.78 Å². The van der Waals surface area contributed by atoms with Crippen LogP contribution in [0.4, 0.5) is 0 Å². The molecule has 1 aromatic carbocycles. The van der Waals surface area contributed by atoms with E-state index in [0.29, 0.717) is 5.88 Å². The summed E-state index contributed by atoms with van der Waals surface area (Å²) in [6, 6.07) is 14.5. The minimum atomic E-state index is 0.109. The average molecular weight is 382 g/mol. The first-order chi connectivity index (χ1) is 13.2. The number of pyridine rings is 1. The number of benzene rings is 1. The largest absolute Gasteiger partial charge is 0.313 e. The highest BCUT2D eigenvalue weighted by molar-refractivity contribution is 6.17. The van der Waals surface area contributed by atoms with Gasteiger partial charge in [-0.15, -0.1) is 11.6 Å². The van der Waals surface area contributed by atoms with Crippen LogP contribution < -0.4 is 0 Å². The number of halogens is 1. The number of fused-ring (bicyclic) bond motifs is 1. The second-order valence-electron chi connectivity index (χ2n) is 7.13. The second-order valence-corrected chi connectivity index (χ2v) is 7.50. The van der Waals surface area contributed by atoms with Crippen molar-refractivity contribution in [2.45, 2.75) is 52.4 Å². The van der Waals surface area contributed by atoms with E-state index >= 15 is 0 Å². The highest BCUT2D eigenvalue weighted by atomic mass is 35.5. The Hall–Kier alpha value is -2.06. The molecule has 3 heteroatoms. The summed E-state index contributed by atoms with van der Waals surface area (Å²) in [4.78, 5) is 13.4. The van der Waals surface area contributed by atoms with E-state index in [2.05, 4.69) is 54.8 Å². The third-order valence-electron chi connectivity index (χ3n) is 5.15. The van der Waals surface area contributed by atoms with Crippen molar-refractivity contribution in [2.24, 2.45) is 0 Å². The summed E-state index contributed by atoms with van der Waals surface area (Å²) in [5.74, 6) is 0.774. The van der Waals surface area contributed by atoms with Gasteiger partial charge in [-0.3, -0.25) is 4.79 Å². The van der Waals surface area contributed by atoms with Crippen LogP contribution in [0.1, 0.15) is 65.9 Å². The van der Waals surface area contributed by atoms with Crippen LogP contribution in [0.2, 0.25) is 0 Å². The lowest BCUT2D eigenvalue weighted by Crippen LogP contribution is -2.09. The Morgan fingerprint density at radius 2 is 1.70 bits per heavy atom. The number of ketones is 1. The molecule has 0 aliphatic heterocycles. The molecule has 2 heterocycles. The molecule has 0 bridgehead atoms. The predicted molar refractivity (Wildman–Crippen MR) is 114 cm³/mol. The Balaban J connectivity index is 2.00. The van der Waals surface area contributed by atoms with Gasteiger partial charge in [0, 0.05) is 23.2 Å². The van der Waals surface area contributed by atoms with Crippen molar-refractivity contribution in [1.82, 2.24) is 4.40 Å². The highest BCUT2D eigenvalue weighted by Crippen LogP contribution is 2.23. The van der Waals surface area contributed by atoms with Crippen molar-refractivity contribution in [3.63, 3.8) is 0 Å². The normalized spacial score (nSPS) is 11.2. The maximum Gasteiger partial charge on any atom is 0.210 e. The average Bonchev–Trinajstić information content (AvgIpc) is 3.07. The summed E-state index contributed by atoms with van der Waals surface area (Å²) >= 11 is 5.78. The van der Waals surface area contributed by atoms with Gasteiger partial charge < -0.3 is 4.40 Å². The Kier molecular flexibility index (Phi) is 6.73. The third-order valence-corrected chi connectivity index (χ3v) is 5.41. The summed E-state index contributed by atoms with van der Waals surface area (Å²) in [5.41, 5.74) is 6.30. The van der Waals surface area contributed by atoms with E-state index in [1.807, 2.05) is 12.1 Å². The molecule has 27 heavy (non-hydrogen) atoms. The summed E-state index contributed by atoms with van der Waals surface area (Å²) in [6.07, 6.45) is 8.14. The van der Waals surface area contributed by atoms with Crippen molar-refractivity contribution in [3.05, 3.63) is 76.6 Å². The van der Waals surface area contributed by atoms with Gasteiger partial charge in [0.15, 0.2) is 0 Å². The molecule has 2 nitrogen and oxygen atoms in total. The molecular formula is C24H28ClNO. The van der Waals surface area contributed by atoms with E-state index < -0.39 is 0 Å². The minimum Gasteiger partial charge on any atom is -0.313 e. The standard InChI is InChI=1S/C24H28ClNO/c1-3-5-8-21-16-22-14-11-18(4-2)17-26(22)23(21)24(27)20-12-9-19(10-13-20)7-6-15-25/h9-14,16-17H,3-8,15H2,1-2H3. The van der Waals surface area contributed by atoms with Gasteiger partial charge in [-0.2, -0.15) is 0 Å². The molecule has 0 fully saturated rings. The number of rotatable bonds is 9. The summed E-state index contributed by atoms with van der Waals surface area (Å²) in [5, 5.41) is 0. The zero-order chi connectivity index (χ0) is 19.2. The molecule has 0 spiro atoms. The fourth-order valence-corrected chi connectivity index (χ4v) is 3.66. The van der Waals surface area contributed by atoms with Crippen LogP contribution in [0, 0.1) is 0 Å².